The van der Waals surface area contributed by atoms with Gasteiger partial charge in [0.15, 0.2) is 0 Å². The predicted molar refractivity (Wildman–Crippen MR) is 118 cm³/mol. The Bertz CT molecular complexity index is 772. The molecule has 0 unspecified atom stereocenters. The summed E-state index contributed by atoms with van der Waals surface area (Å²) in [4.78, 5) is 2.26. The molecule has 170 valence electrons. The summed E-state index contributed by atoms with van der Waals surface area (Å²) >= 11 is 0. The Morgan fingerprint density at radius 3 is 2.40 bits per heavy atom. The van der Waals surface area contributed by atoms with Gasteiger partial charge in [0.25, 0.3) is 0 Å². The van der Waals surface area contributed by atoms with Gasteiger partial charge >= 0.3 is 0 Å². The van der Waals surface area contributed by atoms with E-state index in [9.17, 15) is 8.42 Å². The van der Waals surface area contributed by atoms with Crippen LogP contribution >= 0.6 is 0 Å². The summed E-state index contributed by atoms with van der Waals surface area (Å²) in [6, 6.07) is 5.77. The molecule has 1 aliphatic heterocycles. The number of sulfonamides is 1. The molecule has 30 heavy (non-hydrogen) atoms. The normalized spacial score (nSPS) is 20.4. The lowest BCUT2D eigenvalue weighted by molar-refractivity contribution is 0.0409. The first-order valence-corrected chi connectivity index (χ1v) is 12.5. The summed E-state index contributed by atoms with van der Waals surface area (Å²) < 4.78 is 44.0. The van der Waals surface area contributed by atoms with E-state index in [0.29, 0.717) is 45.4 Å². The smallest absolute Gasteiger partial charge is 0.214 e. The lowest BCUT2D eigenvalue weighted by atomic mass is 10.1. The predicted octanol–water partition coefficient (Wildman–Crippen LogP) is 2.75. The van der Waals surface area contributed by atoms with Crippen molar-refractivity contribution in [2.75, 3.05) is 52.8 Å². The second kappa shape index (κ2) is 10.8. The fraction of sp³-hybridized carbons (Fsp3) is 0.727. The van der Waals surface area contributed by atoms with Gasteiger partial charge in [-0.2, -0.15) is 4.31 Å². The molecule has 1 aromatic rings. The quantitative estimate of drug-likeness (QED) is 0.557. The van der Waals surface area contributed by atoms with Crippen LogP contribution in [-0.4, -0.2) is 76.5 Å². The van der Waals surface area contributed by atoms with E-state index in [2.05, 4.69) is 4.90 Å². The van der Waals surface area contributed by atoms with E-state index in [0.717, 1.165) is 29.9 Å². The highest BCUT2D eigenvalue weighted by molar-refractivity contribution is 7.89. The Hall–Kier alpha value is -1.35. The summed E-state index contributed by atoms with van der Waals surface area (Å²) in [5.41, 5.74) is 1.05. The molecule has 2 fully saturated rings. The third-order valence-corrected chi connectivity index (χ3v) is 8.16. The molecule has 0 aromatic heterocycles. The van der Waals surface area contributed by atoms with Crippen LogP contribution in [0.15, 0.2) is 18.2 Å². The van der Waals surface area contributed by atoms with Crippen molar-refractivity contribution in [3.63, 3.8) is 0 Å². The van der Waals surface area contributed by atoms with Crippen LogP contribution in [0.1, 0.15) is 38.2 Å². The van der Waals surface area contributed by atoms with Crippen LogP contribution in [0, 0.1) is 5.92 Å². The number of hydrogen-bond donors (Lipinski definition) is 0. The SMILES string of the molecule is COc1ccc(OC)c(CN2CCN(S(=O)(=O)C[C@@H](C)COC3CCCC3)CC2)c1. The van der Waals surface area contributed by atoms with Crippen molar-refractivity contribution >= 4 is 10.0 Å². The van der Waals surface area contributed by atoms with Crippen molar-refractivity contribution in [1.29, 1.82) is 0 Å². The number of ether oxygens (including phenoxy) is 3. The Morgan fingerprint density at radius 2 is 1.77 bits per heavy atom. The number of piperazine rings is 1. The van der Waals surface area contributed by atoms with Crippen molar-refractivity contribution in [2.24, 2.45) is 5.92 Å². The Balaban J connectivity index is 1.48. The number of benzene rings is 1. The maximum atomic E-state index is 12.9. The van der Waals surface area contributed by atoms with Gasteiger partial charge in [0.05, 0.1) is 32.7 Å². The van der Waals surface area contributed by atoms with Crippen LogP contribution in [0.2, 0.25) is 0 Å². The molecule has 0 amide bonds. The first-order chi connectivity index (χ1) is 14.4. The minimum Gasteiger partial charge on any atom is -0.497 e. The highest BCUT2D eigenvalue weighted by Gasteiger charge is 2.29. The van der Waals surface area contributed by atoms with Crippen LogP contribution in [0.3, 0.4) is 0 Å². The van der Waals surface area contributed by atoms with Crippen LogP contribution in [0.25, 0.3) is 0 Å². The molecular formula is C22H36N2O5S. The largest absolute Gasteiger partial charge is 0.497 e. The number of rotatable bonds is 10. The molecular weight excluding hydrogens is 404 g/mol. The van der Waals surface area contributed by atoms with Gasteiger partial charge in [-0.25, -0.2) is 8.42 Å². The molecule has 7 nitrogen and oxygen atoms in total. The summed E-state index contributed by atoms with van der Waals surface area (Å²) in [6.07, 6.45) is 5.00. The van der Waals surface area contributed by atoms with Gasteiger partial charge in [0, 0.05) is 38.3 Å². The molecule has 1 aromatic carbocycles. The zero-order chi connectivity index (χ0) is 21.6. The molecule has 8 heteroatoms. The molecule has 1 heterocycles. The van der Waals surface area contributed by atoms with Crippen LogP contribution < -0.4 is 9.47 Å². The molecule has 0 N–H and O–H groups in total. The summed E-state index contributed by atoms with van der Waals surface area (Å²) in [7, 11) is 0.0419. The van der Waals surface area contributed by atoms with Crippen LogP contribution in [0.5, 0.6) is 11.5 Å². The zero-order valence-corrected chi connectivity index (χ0v) is 19.3. The molecule has 1 saturated heterocycles. The molecule has 0 radical (unpaired) electrons. The molecule has 1 saturated carbocycles. The standard InChI is InChI=1S/C22H36N2O5S/c1-18(16-29-20-6-4-5-7-20)17-30(25,26)24-12-10-23(11-13-24)15-19-14-21(27-2)8-9-22(19)28-3/h8-9,14,18,20H,4-7,10-13,15-17H2,1-3H3/t18-/m0/s1. The van der Waals surface area contributed by atoms with E-state index >= 15 is 0 Å². The second-order valence-electron chi connectivity index (χ2n) is 8.48. The van der Waals surface area contributed by atoms with E-state index in [-0.39, 0.29) is 11.7 Å². The van der Waals surface area contributed by atoms with Crippen LogP contribution in [-0.2, 0) is 21.3 Å². The lowest BCUT2D eigenvalue weighted by Gasteiger charge is -2.34. The summed E-state index contributed by atoms with van der Waals surface area (Å²) in [5.74, 6) is 1.78. The maximum absolute atomic E-state index is 12.9. The van der Waals surface area contributed by atoms with Gasteiger partial charge in [-0.3, -0.25) is 4.90 Å². The highest BCUT2D eigenvalue weighted by atomic mass is 32.2. The zero-order valence-electron chi connectivity index (χ0n) is 18.5. The van der Waals surface area contributed by atoms with E-state index in [1.54, 1.807) is 18.5 Å². The third kappa shape index (κ3) is 6.33. The Kier molecular flexibility index (Phi) is 8.39. The first kappa shape index (κ1) is 23.3. The molecule has 2 aliphatic rings. The number of methoxy groups -OCH3 is 2. The van der Waals surface area contributed by atoms with E-state index in [1.807, 2.05) is 25.1 Å². The second-order valence-corrected chi connectivity index (χ2v) is 10.5. The average molecular weight is 441 g/mol. The maximum Gasteiger partial charge on any atom is 0.214 e. The third-order valence-electron chi connectivity index (χ3n) is 6.02. The van der Waals surface area contributed by atoms with Gasteiger partial charge in [-0.1, -0.05) is 19.8 Å². The van der Waals surface area contributed by atoms with Gasteiger partial charge in [0.2, 0.25) is 10.0 Å². The van der Waals surface area contributed by atoms with Gasteiger partial charge in [0.1, 0.15) is 11.5 Å². The minimum absolute atomic E-state index is 0.00896. The Morgan fingerprint density at radius 1 is 1.07 bits per heavy atom. The van der Waals surface area contributed by atoms with E-state index in [4.69, 9.17) is 14.2 Å². The number of nitrogens with zero attached hydrogens (tertiary/aromatic N) is 2. The summed E-state index contributed by atoms with van der Waals surface area (Å²) in [6.45, 7) is 5.64. The van der Waals surface area contributed by atoms with Crippen molar-refractivity contribution in [1.82, 2.24) is 9.21 Å². The average Bonchev–Trinajstić information content (AvgIpc) is 3.26. The molecule has 0 bridgehead atoms. The fourth-order valence-electron chi connectivity index (χ4n) is 4.28. The molecule has 0 spiro atoms. The number of hydrogen-bond acceptors (Lipinski definition) is 6. The van der Waals surface area contributed by atoms with E-state index in [1.165, 1.54) is 12.8 Å². The topological polar surface area (TPSA) is 68.3 Å². The van der Waals surface area contributed by atoms with Crippen LogP contribution in [0.4, 0.5) is 0 Å². The Labute approximate surface area is 181 Å². The van der Waals surface area contributed by atoms with E-state index < -0.39 is 10.0 Å². The fourth-order valence-corrected chi connectivity index (χ4v) is 6.03. The van der Waals surface area contributed by atoms with Gasteiger partial charge < -0.3 is 14.2 Å². The lowest BCUT2D eigenvalue weighted by Crippen LogP contribution is -2.49. The molecule has 1 aliphatic carbocycles. The van der Waals surface area contributed by atoms with Crippen molar-refractivity contribution < 1.29 is 22.6 Å². The van der Waals surface area contributed by atoms with Gasteiger partial charge in [-0.15, -0.1) is 0 Å². The van der Waals surface area contributed by atoms with Crippen molar-refractivity contribution in [2.45, 2.75) is 45.3 Å². The van der Waals surface area contributed by atoms with Crippen molar-refractivity contribution in [3.05, 3.63) is 23.8 Å². The first-order valence-electron chi connectivity index (χ1n) is 10.9. The monoisotopic (exact) mass is 440 g/mol. The molecule has 1 atom stereocenters. The summed E-state index contributed by atoms with van der Waals surface area (Å²) in [5, 5.41) is 0. The highest BCUT2D eigenvalue weighted by Crippen LogP contribution is 2.26. The van der Waals surface area contributed by atoms with Crippen molar-refractivity contribution in [3.8, 4) is 11.5 Å². The van der Waals surface area contributed by atoms with Gasteiger partial charge in [-0.05, 0) is 37.0 Å². The molecule has 3 rings (SSSR count). The minimum atomic E-state index is -3.27.